The molecule has 4 nitrogen and oxygen atoms in total. The minimum Gasteiger partial charge on any atom is -0.451 e. The van der Waals surface area contributed by atoms with E-state index in [9.17, 15) is 9.59 Å². The van der Waals surface area contributed by atoms with Crippen LogP contribution >= 0.6 is 57.7 Å². The molecule has 1 aromatic heterocycles. The number of hydrogen-bond donors (Lipinski definition) is 1. The van der Waals surface area contributed by atoms with Crippen molar-refractivity contribution in [1.82, 2.24) is 0 Å². The fourth-order valence-corrected chi connectivity index (χ4v) is 2.96. The molecule has 22 heavy (non-hydrogen) atoms. The van der Waals surface area contributed by atoms with Crippen LogP contribution in [-0.2, 0) is 9.53 Å². The van der Waals surface area contributed by atoms with E-state index in [-0.39, 0.29) is 20.8 Å². The summed E-state index contributed by atoms with van der Waals surface area (Å²) >= 11 is 24.3. The van der Waals surface area contributed by atoms with Crippen LogP contribution in [0.1, 0.15) is 9.67 Å². The van der Waals surface area contributed by atoms with Crippen molar-refractivity contribution in [2.75, 3.05) is 11.9 Å². The molecule has 1 amide bonds. The van der Waals surface area contributed by atoms with E-state index in [1.807, 2.05) is 0 Å². The number of benzene rings is 1. The maximum atomic E-state index is 11.8. The van der Waals surface area contributed by atoms with Gasteiger partial charge in [-0.05, 0) is 24.3 Å². The molecule has 9 heteroatoms. The van der Waals surface area contributed by atoms with Crippen LogP contribution in [0.3, 0.4) is 0 Å². The third kappa shape index (κ3) is 4.51. The molecule has 0 fully saturated rings. The quantitative estimate of drug-likeness (QED) is 0.571. The summed E-state index contributed by atoms with van der Waals surface area (Å²) in [5, 5.41) is 3.21. The van der Waals surface area contributed by atoms with Crippen molar-refractivity contribution in [3.8, 4) is 0 Å². The van der Waals surface area contributed by atoms with Gasteiger partial charge in [0.25, 0.3) is 5.91 Å². The van der Waals surface area contributed by atoms with Gasteiger partial charge in [0, 0.05) is 0 Å². The van der Waals surface area contributed by atoms with Crippen LogP contribution in [0.25, 0.3) is 0 Å². The Morgan fingerprint density at radius 1 is 1.05 bits per heavy atom. The topological polar surface area (TPSA) is 55.4 Å². The number of esters is 1. The molecule has 1 aromatic carbocycles. The molecule has 0 unspecified atom stereocenters. The summed E-state index contributed by atoms with van der Waals surface area (Å²) in [5.74, 6) is -1.19. The first-order valence-corrected chi connectivity index (χ1v) is 8.06. The number of ether oxygens (including phenoxy) is 1. The molecule has 2 rings (SSSR count). The van der Waals surface area contributed by atoms with Crippen LogP contribution in [0.2, 0.25) is 19.4 Å². The first-order chi connectivity index (χ1) is 10.4. The molecule has 0 saturated carbocycles. The molecule has 0 radical (unpaired) electrons. The zero-order valence-corrected chi connectivity index (χ0v) is 14.5. The summed E-state index contributed by atoms with van der Waals surface area (Å²) in [4.78, 5) is 23.7. The van der Waals surface area contributed by atoms with Crippen molar-refractivity contribution < 1.29 is 14.3 Å². The molecule has 0 atom stereocenters. The number of hydrogen-bond acceptors (Lipinski definition) is 4. The molecule has 0 aliphatic heterocycles. The van der Waals surface area contributed by atoms with Gasteiger partial charge in [-0.25, -0.2) is 4.79 Å². The highest BCUT2D eigenvalue weighted by atomic mass is 35.5. The van der Waals surface area contributed by atoms with E-state index in [0.717, 1.165) is 11.3 Å². The largest absolute Gasteiger partial charge is 0.451 e. The smallest absolute Gasteiger partial charge is 0.348 e. The highest BCUT2D eigenvalue weighted by Crippen LogP contribution is 2.32. The number of rotatable bonds is 4. The van der Waals surface area contributed by atoms with E-state index in [0.29, 0.717) is 9.21 Å². The molecule has 0 saturated heterocycles. The van der Waals surface area contributed by atoms with E-state index >= 15 is 0 Å². The Labute approximate surface area is 149 Å². The van der Waals surface area contributed by atoms with Gasteiger partial charge < -0.3 is 10.1 Å². The number of anilines is 1. The highest BCUT2D eigenvalue weighted by Gasteiger charge is 2.14. The molecule has 0 aliphatic carbocycles. The number of thiophene rings is 1. The summed E-state index contributed by atoms with van der Waals surface area (Å²) < 4.78 is 5.33. The maximum absolute atomic E-state index is 11.8. The van der Waals surface area contributed by atoms with E-state index in [1.165, 1.54) is 18.2 Å². The molecule has 1 N–H and O–H groups in total. The van der Waals surface area contributed by atoms with Gasteiger partial charge in [-0.1, -0.05) is 46.4 Å². The molecule has 1 heterocycles. The van der Waals surface area contributed by atoms with Gasteiger partial charge in [0.1, 0.15) is 4.88 Å². The van der Waals surface area contributed by atoms with Crippen LogP contribution in [-0.4, -0.2) is 18.5 Å². The Bertz CT molecular complexity index is 732. The minimum absolute atomic E-state index is 0.221. The Morgan fingerprint density at radius 2 is 1.73 bits per heavy atom. The molecule has 116 valence electrons. The number of amides is 1. The summed E-state index contributed by atoms with van der Waals surface area (Å²) in [5.41, 5.74) is 0.274. The van der Waals surface area contributed by atoms with Crippen molar-refractivity contribution >= 4 is 75.3 Å². The zero-order chi connectivity index (χ0) is 16.3. The number of carbonyl (C=O) groups excluding carboxylic acids is 2. The van der Waals surface area contributed by atoms with Crippen LogP contribution in [0.4, 0.5) is 5.69 Å². The van der Waals surface area contributed by atoms with Crippen LogP contribution in [0, 0.1) is 0 Å². The van der Waals surface area contributed by atoms with Gasteiger partial charge >= 0.3 is 5.97 Å². The number of halogens is 4. The lowest BCUT2D eigenvalue weighted by atomic mass is 10.3. The Kier molecular flexibility index (Phi) is 5.94. The van der Waals surface area contributed by atoms with Gasteiger partial charge in [0.15, 0.2) is 6.61 Å². The molecular formula is C13H7Cl4NO3S. The summed E-state index contributed by atoms with van der Waals surface area (Å²) in [7, 11) is 0. The van der Waals surface area contributed by atoms with Crippen molar-refractivity contribution in [3.63, 3.8) is 0 Å². The van der Waals surface area contributed by atoms with Crippen molar-refractivity contribution in [2.24, 2.45) is 0 Å². The average molecular weight is 399 g/mol. The lowest BCUT2D eigenvalue weighted by Crippen LogP contribution is -2.20. The predicted octanol–water partition coefficient (Wildman–Crippen LogP) is 5.16. The SMILES string of the molecule is O=C(COC(=O)c1ccc(Cl)s1)Nc1cc(Cl)c(Cl)cc1Cl. The molecule has 2 aromatic rings. The standard InChI is InChI=1S/C13H7Cl4NO3S/c14-6-3-8(16)9(4-7(6)15)18-12(19)5-21-13(20)10-1-2-11(17)22-10/h1-4H,5H2,(H,18,19). The van der Waals surface area contributed by atoms with Crippen molar-refractivity contribution in [2.45, 2.75) is 0 Å². The monoisotopic (exact) mass is 397 g/mol. The Hall–Kier alpha value is -0.980. The zero-order valence-electron chi connectivity index (χ0n) is 10.7. The van der Waals surface area contributed by atoms with Gasteiger partial charge in [-0.3, -0.25) is 4.79 Å². The van der Waals surface area contributed by atoms with Gasteiger partial charge in [0.05, 0.1) is 25.1 Å². The lowest BCUT2D eigenvalue weighted by Gasteiger charge is -2.09. The van der Waals surface area contributed by atoms with Crippen LogP contribution in [0.15, 0.2) is 24.3 Å². The first-order valence-electron chi connectivity index (χ1n) is 5.73. The van der Waals surface area contributed by atoms with Gasteiger partial charge in [0.2, 0.25) is 0 Å². The fraction of sp³-hybridized carbons (Fsp3) is 0.0769. The highest BCUT2D eigenvalue weighted by molar-refractivity contribution is 7.17. The maximum Gasteiger partial charge on any atom is 0.348 e. The van der Waals surface area contributed by atoms with E-state index in [2.05, 4.69) is 5.32 Å². The molecular weight excluding hydrogens is 392 g/mol. The molecule has 0 spiro atoms. The van der Waals surface area contributed by atoms with Crippen molar-refractivity contribution in [3.05, 3.63) is 48.5 Å². The minimum atomic E-state index is -0.632. The average Bonchev–Trinajstić information content (AvgIpc) is 2.89. The third-order valence-corrected chi connectivity index (χ3v) is 4.64. The number of nitrogens with one attached hydrogen (secondary N) is 1. The van der Waals surface area contributed by atoms with E-state index in [4.69, 9.17) is 51.1 Å². The lowest BCUT2D eigenvalue weighted by molar-refractivity contribution is -0.119. The Morgan fingerprint density at radius 3 is 2.36 bits per heavy atom. The second kappa shape index (κ2) is 7.53. The fourth-order valence-electron chi connectivity index (χ4n) is 1.43. The first kappa shape index (κ1) is 17.4. The van der Waals surface area contributed by atoms with Crippen LogP contribution < -0.4 is 5.32 Å². The summed E-state index contributed by atoms with van der Waals surface area (Å²) in [6.07, 6.45) is 0. The van der Waals surface area contributed by atoms with E-state index < -0.39 is 18.5 Å². The second-order valence-corrected chi connectivity index (χ2v) is 6.91. The number of carbonyl (C=O) groups is 2. The van der Waals surface area contributed by atoms with Gasteiger partial charge in [-0.15, -0.1) is 11.3 Å². The second-order valence-electron chi connectivity index (χ2n) is 3.97. The molecule has 0 bridgehead atoms. The van der Waals surface area contributed by atoms with E-state index in [1.54, 1.807) is 6.07 Å². The van der Waals surface area contributed by atoms with Crippen LogP contribution in [0.5, 0.6) is 0 Å². The van der Waals surface area contributed by atoms with Gasteiger partial charge in [-0.2, -0.15) is 0 Å². The van der Waals surface area contributed by atoms with Crippen molar-refractivity contribution in [1.29, 1.82) is 0 Å². The Balaban J connectivity index is 1.93. The summed E-state index contributed by atoms with van der Waals surface area (Å²) in [6, 6.07) is 5.90. The molecule has 0 aliphatic rings. The normalized spacial score (nSPS) is 10.4. The predicted molar refractivity (Wildman–Crippen MR) is 89.7 cm³/mol. The third-order valence-electron chi connectivity index (χ3n) is 2.39. The summed E-state index contributed by atoms with van der Waals surface area (Å²) in [6.45, 7) is -0.467.